The van der Waals surface area contributed by atoms with E-state index < -0.39 is 5.56 Å². The summed E-state index contributed by atoms with van der Waals surface area (Å²) in [7, 11) is 0. The maximum absolute atomic E-state index is 12.3. The fourth-order valence-electron chi connectivity index (χ4n) is 3.70. The van der Waals surface area contributed by atoms with E-state index in [1.807, 2.05) is 36.4 Å². The second-order valence-electron chi connectivity index (χ2n) is 7.30. The van der Waals surface area contributed by atoms with Gasteiger partial charge in [0.2, 0.25) is 0 Å². The van der Waals surface area contributed by atoms with Crippen LogP contribution in [0.4, 0.5) is 0 Å². The minimum atomic E-state index is -0.435. The van der Waals surface area contributed by atoms with Gasteiger partial charge in [-0.2, -0.15) is 0 Å². The van der Waals surface area contributed by atoms with Crippen LogP contribution in [0.25, 0.3) is 39.2 Å². The molecule has 2 aromatic carbocycles. The Hall–Kier alpha value is -3.65. The van der Waals surface area contributed by atoms with Gasteiger partial charge in [-0.15, -0.1) is 11.3 Å². The largest absolute Gasteiger partial charge is 0.298 e. The van der Waals surface area contributed by atoms with Gasteiger partial charge in [0.05, 0.1) is 21.3 Å². The van der Waals surface area contributed by atoms with Crippen molar-refractivity contribution in [3.63, 3.8) is 0 Å². The number of aromatic nitrogens is 3. The Bertz CT molecular complexity index is 1660. The SMILES string of the molecule is O=Cc1nc(-c2cccc(-c3cccc(-c4ccn5c(=O)c(C=O)cnc5c4)c3Cl)c2Cl)cs1. The van der Waals surface area contributed by atoms with Gasteiger partial charge >= 0.3 is 0 Å². The number of hydrogen-bond donors (Lipinski definition) is 0. The van der Waals surface area contributed by atoms with Crippen LogP contribution in [0, 0.1) is 0 Å². The predicted molar refractivity (Wildman–Crippen MR) is 134 cm³/mol. The number of halogens is 2. The number of thiazole rings is 1. The topological polar surface area (TPSA) is 81.4 Å². The molecule has 0 saturated heterocycles. The van der Waals surface area contributed by atoms with E-state index in [-0.39, 0.29) is 5.56 Å². The van der Waals surface area contributed by atoms with Crippen LogP contribution < -0.4 is 5.56 Å². The zero-order valence-electron chi connectivity index (χ0n) is 17.2. The number of rotatable bonds is 5. The van der Waals surface area contributed by atoms with E-state index in [1.54, 1.807) is 23.7 Å². The molecule has 0 unspecified atom stereocenters. The van der Waals surface area contributed by atoms with Gasteiger partial charge in [-0.25, -0.2) is 9.97 Å². The first kappa shape index (κ1) is 22.2. The predicted octanol–water partition coefficient (Wildman–Crippen LogP) is 6.08. The molecule has 0 aliphatic carbocycles. The van der Waals surface area contributed by atoms with E-state index in [9.17, 15) is 14.4 Å². The van der Waals surface area contributed by atoms with Gasteiger partial charge in [0.15, 0.2) is 17.6 Å². The summed E-state index contributed by atoms with van der Waals surface area (Å²) in [5.74, 6) is 0. The summed E-state index contributed by atoms with van der Waals surface area (Å²) < 4.78 is 1.31. The molecular formula is C25H13Cl2N3O3S. The molecule has 0 aliphatic heterocycles. The lowest BCUT2D eigenvalue weighted by Crippen LogP contribution is -2.18. The maximum Gasteiger partial charge on any atom is 0.268 e. The van der Waals surface area contributed by atoms with E-state index >= 15 is 0 Å². The average molecular weight is 506 g/mol. The van der Waals surface area contributed by atoms with Crippen molar-refractivity contribution >= 4 is 52.8 Å². The third-order valence-corrected chi connectivity index (χ3v) is 6.95. The number of nitrogens with zero attached hydrogens (tertiary/aromatic N) is 3. The number of aldehydes is 2. The lowest BCUT2D eigenvalue weighted by molar-refractivity contribution is 0.111. The molecule has 0 spiro atoms. The molecule has 9 heteroatoms. The highest BCUT2D eigenvalue weighted by Crippen LogP contribution is 2.42. The fourth-order valence-corrected chi connectivity index (χ4v) is 4.98. The quantitative estimate of drug-likeness (QED) is 0.270. The van der Waals surface area contributed by atoms with Crippen LogP contribution in [0.3, 0.4) is 0 Å². The Balaban J connectivity index is 1.63. The molecule has 5 rings (SSSR count). The molecule has 0 N–H and O–H groups in total. The van der Waals surface area contributed by atoms with E-state index in [0.717, 1.165) is 22.3 Å². The number of benzene rings is 2. The summed E-state index contributed by atoms with van der Waals surface area (Å²) in [6.45, 7) is 0. The van der Waals surface area contributed by atoms with Crippen LogP contribution in [0.5, 0.6) is 0 Å². The van der Waals surface area contributed by atoms with Crippen LogP contribution in [0.15, 0.2) is 71.1 Å². The highest BCUT2D eigenvalue weighted by atomic mass is 35.5. The fraction of sp³-hybridized carbons (Fsp3) is 0. The van der Waals surface area contributed by atoms with Crippen molar-refractivity contribution in [1.29, 1.82) is 0 Å². The highest BCUT2D eigenvalue weighted by Gasteiger charge is 2.17. The molecule has 0 aliphatic rings. The van der Waals surface area contributed by atoms with Crippen molar-refractivity contribution in [3.05, 3.63) is 97.3 Å². The van der Waals surface area contributed by atoms with Gasteiger partial charge in [0.1, 0.15) is 5.65 Å². The van der Waals surface area contributed by atoms with E-state index in [2.05, 4.69) is 9.97 Å². The summed E-state index contributed by atoms with van der Waals surface area (Å²) in [5.41, 5.74) is 4.18. The van der Waals surface area contributed by atoms with Crippen molar-refractivity contribution in [1.82, 2.24) is 14.4 Å². The molecule has 3 heterocycles. The monoisotopic (exact) mass is 505 g/mol. The summed E-state index contributed by atoms with van der Waals surface area (Å²) >= 11 is 14.9. The molecule has 0 amide bonds. The summed E-state index contributed by atoms with van der Waals surface area (Å²) in [6, 6.07) is 14.6. The van der Waals surface area contributed by atoms with Crippen LogP contribution in [-0.4, -0.2) is 26.9 Å². The molecule has 0 fully saturated rings. The molecule has 0 saturated carbocycles. The summed E-state index contributed by atoms with van der Waals surface area (Å²) in [4.78, 5) is 42.9. The normalized spacial score (nSPS) is 11.0. The first-order valence-corrected chi connectivity index (χ1v) is 11.6. The first-order valence-electron chi connectivity index (χ1n) is 9.97. The van der Waals surface area contributed by atoms with Crippen molar-refractivity contribution < 1.29 is 9.59 Å². The molecule has 3 aromatic heterocycles. The lowest BCUT2D eigenvalue weighted by Gasteiger charge is -2.14. The van der Waals surface area contributed by atoms with Crippen molar-refractivity contribution in [3.8, 4) is 33.5 Å². The Morgan fingerprint density at radius 2 is 1.56 bits per heavy atom. The van der Waals surface area contributed by atoms with Crippen LogP contribution in [-0.2, 0) is 0 Å². The minimum Gasteiger partial charge on any atom is -0.298 e. The number of hydrogen-bond acceptors (Lipinski definition) is 6. The van der Waals surface area contributed by atoms with Crippen molar-refractivity contribution in [2.45, 2.75) is 0 Å². The van der Waals surface area contributed by atoms with Gasteiger partial charge < -0.3 is 0 Å². The van der Waals surface area contributed by atoms with Gasteiger partial charge in [-0.05, 0) is 17.7 Å². The van der Waals surface area contributed by atoms with Gasteiger partial charge in [0, 0.05) is 40.0 Å². The molecule has 0 atom stereocenters. The van der Waals surface area contributed by atoms with Crippen molar-refractivity contribution in [2.75, 3.05) is 0 Å². The van der Waals surface area contributed by atoms with E-state index in [1.165, 1.54) is 21.9 Å². The Kier molecular flexibility index (Phi) is 5.83. The lowest BCUT2D eigenvalue weighted by atomic mass is 9.97. The zero-order valence-corrected chi connectivity index (χ0v) is 19.6. The molecular weight excluding hydrogens is 493 g/mol. The molecule has 34 heavy (non-hydrogen) atoms. The molecule has 5 aromatic rings. The van der Waals surface area contributed by atoms with E-state index in [0.29, 0.717) is 44.5 Å². The van der Waals surface area contributed by atoms with Crippen molar-refractivity contribution in [2.24, 2.45) is 0 Å². The average Bonchev–Trinajstić information content (AvgIpc) is 3.34. The second-order valence-corrected chi connectivity index (χ2v) is 8.95. The number of carbonyl (C=O) groups excluding carboxylic acids is 2. The van der Waals surface area contributed by atoms with Gasteiger partial charge in [-0.1, -0.05) is 59.6 Å². The number of pyridine rings is 1. The first-order chi connectivity index (χ1) is 16.5. The third-order valence-electron chi connectivity index (χ3n) is 5.36. The summed E-state index contributed by atoms with van der Waals surface area (Å²) in [5, 5.41) is 3.11. The Labute approximate surface area is 207 Å². The third kappa shape index (κ3) is 3.74. The summed E-state index contributed by atoms with van der Waals surface area (Å²) in [6.07, 6.45) is 4.01. The molecule has 6 nitrogen and oxygen atoms in total. The molecule has 166 valence electrons. The molecule has 0 radical (unpaired) electrons. The van der Waals surface area contributed by atoms with Crippen LogP contribution >= 0.6 is 34.5 Å². The Morgan fingerprint density at radius 3 is 2.24 bits per heavy atom. The minimum absolute atomic E-state index is 0.0137. The standard InChI is InChI=1S/C25H13Cl2N3O3S/c26-23-16(14-7-8-30-21(9-14)28-10-15(11-31)25(30)33)3-1-4-17(23)18-5-2-6-19(24(18)27)20-13-34-22(12-32)29-20/h1-13H. The molecule has 0 bridgehead atoms. The Morgan fingerprint density at radius 1 is 0.882 bits per heavy atom. The smallest absolute Gasteiger partial charge is 0.268 e. The zero-order chi connectivity index (χ0) is 23.8. The van der Waals surface area contributed by atoms with Gasteiger partial charge in [0.25, 0.3) is 5.56 Å². The van der Waals surface area contributed by atoms with E-state index in [4.69, 9.17) is 23.2 Å². The number of carbonyl (C=O) groups is 2. The second kappa shape index (κ2) is 8.95. The van der Waals surface area contributed by atoms with Crippen LogP contribution in [0.1, 0.15) is 20.2 Å². The maximum atomic E-state index is 12.3. The van der Waals surface area contributed by atoms with Gasteiger partial charge in [-0.3, -0.25) is 18.8 Å². The van der Waals surface area contributed by atoms with Crippen LogP contribution in [0.2, 0.25) is 10.0 Å². The highest BCUT2D eigenvalue weighted by molar-refractivity contribution is 7.11. The number of fused-ring (bicyclic) bond motifs is 1.